The van der Waals surface area contributed by atoms with Crippen molar-refractivity contribution in [3.05, 3.63) is 89.8 Å². The second-order valence-electron chi connectivity index (χ2n) is 6.16. The van der Waals surface area contributed by atoms with Crippen molar-refractivity contribution in [3.8, 4) is 22.3 Å². The summed E-state index contributed by atoms with van der Waals surface area (Å²) in [5, 5.41) is 0. The van der Waals surface area contributed by atoms with Crippen molar-refractivity contribution in [1.29, 1.82) is 0 Å². The highest BCUT2D eigenvalue weighted by atomic mass is 19.2. The van der Waals surface area contributed by atoms with E-state index in [2.05, 4.69) is 6.58 Å². The van der Waals surface area contributed by atoms with Crippen LogP contribution in [0.2, 0.25) is 0 Å². The number of hydrogen-bond donors (Lipinski definition) is 0. The minimum Gasteiger partial charge on any atom is -0.206 e. The van der Waals surface area contributed by atoms with Crippen LogP contribution >= 0.6 is 0 Å². The van der Waals surface area contributed by atoms with Gasteiger partial charge in [-0.05, 0) is 54.3 Å². The number of hydrogen-bond acceptors (Lipinski definition) is 0. The van der Waals surface area contributed by atoms with Gasteiger partial charge in [-0.25, -0.2) is 13.2 Å². The Morgan fingerprint density at radius 1 is 0.760 bits per heavy atom. The predicted molar refractivity (Wildman–Crippen MR) is 96.6 cm³/mol. The fourth-order valence-electron chi connectivity index (χ4n) is 2.73. The Hall–Kier alpha value is -2.81. The van der Waals surface area contributed by atoms with Gasteiger partial charge in [-0.1, -0.05) is 48.5 Å². The minimum absolute atomic E-state index is 0.0528. The first-order valence-corrected chi connectivity index (χ1v) is 7.88. The van der Waals surface area contributed by atoms with E-state index in [0.29, 0.717) is 5.57 Å². The normalized spacial score (nSPS) is 10.8. The molecule has 126 valence electrons. The molecule has 3 heteroatoms. The number of halogens is 3. The first-order chi connectivity index (χ1) is 11.9. The largest absolute Gasteiger partial charge is 0.206 e. The topological polar surface area (TPSA) is 0 Å². The average Bonchev–Trinajstić information content (AvgIpc) is 2.57. The summed E-state index contributed by atoms with van der Waals surface area (Å²) >= 11 is 0. The van der Waals surface area contributed by atoms with Crippen LogP contribution in [0.25, 0.3) is 27.8 Å². The molecule has 3 rings (SSSR count). The molecule has 3 aromatic carbocycles. The van der Waals surface area contributed by atoms with E-state index in [1.165, 1.54) is 12.1 Å². The Morgan fingerprint density at radius 2 is 1.36 bits per heavy atom. The minimum atomic E-state index is -1.02. The lowest BCUT2D eigenvalue weighted by Crippen LogP contribution is -1.95. The summed E-state index contributed by atoms with van der Waals surface area (Å²) in [4.78, 5) is 0. The molecule has 0 fully saturated rings. The van der Waals surface area contributed by atoms with Crippen LogP contribution in [0, 0.1) is 24.4 Å². The summed E-state index contributed by atoms with van der Waals surface area (Å²) in [5.74, 6) is -2.47. The third-order valence-electron chi connectivity index (χ3n) is 4.15. The van der Waals surface area contributed by atoms with E-state index in [9.17, 15) is 13.2 Å². The summed E-state index contributed by atoms with van der Waals surface area (Å²) in [6.07, 6.45) is 0. The molecule has 0 aliphatic heterocycles. The lowest BCUT2D eigenvalue weighted by Gasteiger charge is -2.10. The third-order valence-corrected chi connectivity index (χ3v) is 4.15. The second kappa shape index (κ2) is 6.60. The first-order valence-electron chi connectivity index (χ1n) is 7.88. The summed E-state index contributed by atoms with van der Waals surface area (Å²) in [6.45, 7) is 7.21. The van der Waals surface area contributed by atoms with Gasteiger partial charge in [-0.15, -0.1) is 0 Å². The molecule has 0 heterocycles. The van der Waals surface area contributed by atoms with Crippen LogP contribution in [0.1, 0.15) is 18.1 Å². The van der Waals surface area contributed by atoms with E-state index in [0.717, 1.165) is 22.8 Å². The standard InChI is InChI=1S/C22H17F3/c1-13(2)19-10-17(12-21(24)22(19)25)18-9-8-16(11-20(18)23)15-6-4-14(3)5-7-15/h4-12H,1H2,2-3H3. The van der Waals surface area contributed by atoms with E-state index in [-0.39, 0.29) is 16.7 Å². The van der Waals surface area contributed by atoms with E-state index in [1.54, 1.807) is 19.1 Å². The Bertz CT molecular complexity index is 954. The van der Waals surface area contributed by atoms with Crippen LogP contribution in [0.5, 0.6) is 0 Å². The molecule has 0 radical (unpaired) electrons. The van der Waals surface area contributed by atoms with E-state index >= 15 is 0 Å². The molecule has 0 N–H and O–H groups in total. The lowest BCUT2D eigenvalue weighted by molar-refractivity contribution is 0.506. The molecule has 0 nitrogen and oxygen atoms in total. The van der Waals surface area contributed by atoms with Gasteiger partial charge in [0.1, 0.15) is 5.82 Å². The molecule has 0 aromatic heterocycles. The molecule has 25 heavy (non-hydrogen) atoms. The van der Waals surface area contributed by atoms with Crippen molar-refractivity contribution < 1.29 is 13.2 Å². The highest BCUT2D eigenvalue weighted by molar-refractivity contribution is 5.74. The van der Waals surface area contributed by atoms with E-state index < -0.39 is 17.5 Å². The van der Waals surface area contributed by atoms with E-state index in [1.807, 2.05) is 31.2 Å². The zero-order chi connectivity index (χ0) is 18.1. The fraction of sp³-hybridized carbons (Fsp3) is 0.0909. The van der Waals surface area contributed by atoms with Gasteiger partial charge < -0.3 is 0 Å². The SMILES string of the molecule is C=C(C)c1cc(-c2ccc(-c3ccc(C)cc3)cc2F)cc(F)c1F. The van der Waals surface area contributed by atoms with Crippen molar-refractivity contribution in [2.45, 2.75) is 13.8 Å². The van der Waals surface area contributed by atoms with Gasteiger partial charge in [0.15, 0.2) is 11.6 Å². The van der Waals surface area contributed by atoms with Crippen LogP contribution in [0.4, 0.5) is 13.2 Å². The molecule has 0 saturated heterocycles. The monoisotopic (exact) mass is 338 g/mol. The van der Waals surface area contributed by atoms with Crippen molar-refractivity contribution in [1.82, 2.24) is 0 Å². The Labute approximate surface area is 145 Å². The van der Waals surface area contributed by atoms with Crippen LogP contribution in [0.15, 0.2) is 61.2 Å². The number of allylic oxidation sites excluding steroid dienone is 1. The second-order valence-corrected chi connectivity index (χ2v) is 6.16. The maximum atomic E-state index is 14.6. The predicted octanol–water partition coefficient (Wildman–Crippen LogP) is 6.78. The smallest absolute Gasteiger partial charge is 0.166 e. The molecule has 0 spiro atoms. The molecule has 0 amide bonds. The van der Waals surface area contributed by atoms with Gasteiger partial charge >= 0.3 is 0 Å². The van der Waals surface area contributed by atoms with Crippen molar-refractivity contribution in [2.75, 3.05) is 0 Å². The molecule has 0 saturated carbocycles. The lowest BCUT2D eigenvalue weighted by atomic mass is 9.96. The summed E-state index contributed by atoms with van der Waals surface area (Å²) in [7, 11) is 0. The van der Waals surface area contributed by atoms with Gasteiger partial charge in [0.2, 0.25) is 0 Å². The maximum Gasteiger partial charge on any atom is 0.166 e. The molecule has 0 atom stereocenters. The van der Waals surface area contributed by atoms with Crippen molar-refractivity contribution in [2.24, 2.45) is 0 Å². The molecular weight excluding hydrogens is 321 g/mol. The Kier molecular flexibility index (Phi) is 4.49. The molecule has 0 aliphatic rings. The molecular formula is C22H17F3. The van der Waals surface area contributed by atoms with Crippen LogP contribution < -0.4 is 0 Å². The highest BCUT2D eigenvalue weighted by Crippen LogP contribution is 2.31. The van der Waals surface area contributed by atoms with Gasteiger partial charge in [0, 0.05) is 11.1 Å². The summed E-state index contributed by atoms with van der Waals surface area (Å²) in [6, 6.07) is 14.9. The third kappa shape index (κ3) is 3.36. The summed E-state index contributed by atoms with van der Waals surface area (Å²) < 4.78 is 42.3. The molecule has 0 aliphatic carbocycles. The number of rotatable bonds is 3. The number of aryl methyl sites for hydroxylation is 1. The summed E-state index contributed by atoms with van der Waals surface area (Å²) in [5.41, 5.74) is 3.68. The first kappa shape index (κ1) is 17.0. The fourth-order valence-corrected chi connectivity index (χ4v) is 2.73. The maximum absolute atomic E-state index is 14.6. The van der Waals surface area contributed by atoms with E-state index in [4.69, 9.17) is 0 Å². The Balaban J connectivity index is 2.07. The highest BCUT2D eigenvalue weighted by Gasteiger charge is 2.15. The quantitative estimate of drug-likeness (QED) is 0.494. The van der Waals surface area contributed by atoms with Gasteiger partial charge in [0.25, 0.3) is 0 Å². The van der Waals surface area contributed by atoms with Crippen LogP contribution in [-0.2, 0) is 0 Å². The van der Waals surface area contributed by atoms with Gasteiger partial charge in [-0.3, -0.25) is 0 Å². The molecule has 0 unspecified atom stereocenters. The van der Waals surface area contributed by atoms with Crippen molar-refractivity contribution >= 4 is 5.57 Å². The Morgan fingerprint density at radius 3 is 1.96 bits per heavy atom. The molecule has 3 aromatic rings. The average molecular weight is 338 g/mol. The van der Waals surface area contributed by atoms with Gasteiger partial charge in [0.05, 0.1) is 0 Å². The van der Waals surface area contributed by atoms with Crippen molar-refractivity contribution in [3.63, 3.8) is 0 Å². The zero-order valence-corrected chi connectivity index (χ0v) is 14.0. The van der Waals surface area contributed by atoms with Crippen LogP contribution in [-0.4, -0.2) is 0 Å². The zero-order valence-electron chi connectivity index (χ0n) is 14.0. The molecule has 0 bridgehead atoms. The number of benzene rings is 3. The van der Waals surface area contributed by atoms with Crippen LogP contribution in [0.3, 0.4) is 0 Å². The van der Waals surface area contributed by atoms with Gasteiger partial charge in [-0.2, -0.15) is 0 Å².